The Morgan fingerprint density at radius 3 is 2.80 bits per heavy atom. The summed E-state index contributed by atoms with van der Waals surface area (Å²) < 4.78 is 1.99. The van der Waals surface area contributed by atoms with Crippen molar-refractivity contribution >= 4 is 11.6 Å². The largest absolute Gasteiger partial charge is 0.317 e. The first kappa shape index (κ1) is 15.1. The van der Waals surface area contributed by atoms with Crippen LogP contribution in [0.1, 0.15) is 30.3 Å². The lowest BCUT2D eigenvalue weighted by molar-refractivity contribution is 0.670. The van der Waals surface area contributed by atoms with Crippen LogP contribution in [0.3, 0.4) is 0 Å². The Bertz CT molecular complexity index is 575. The van der Waals surface area contributed by atoms with E-state index in [4.69, 9.17) is 11.6 Å². The van der Waals surface area contributed by atoms with Gasteiger partial charge in [0.1, 0.15) is 0 Å². The van der Waals surface area contributed by atoms with Crippen LogP contribution in [0.2, 0.25) is 5.02 Å². The summed E-state index contributed by atoms with van der Waals surface area (Å²) >= 11 is 6.06. The van der Waals surface area contributed by atoms with Crippen molar-refractivity contribution in [3.8, 4) is 5.69 Å². The van der Waals surface area contributed by atoms with Gasteiger partial charge in [-0.05, 0) is 63.5 Å². The summed E-state index contributed by atoms with van der Waals surface area (Å²) in [6, 6.07) is 7.82. The summed E-state index contributed by atoms with van der Waals surface area (Å²) in [7, 11) is 0. The molecule has 0 atom stereocenters. The predicted molar refractivity (Wildman–Crippen MR) is 84.9 cm³/mol. The zero-order valence-corrected chi connectivity index (χ0v) is 13.2. The lowest BCUT2D eigenvalue weighted by atomic mass is 10.1. The molecular weight excluding hydrogens is 270 g/mol. The van der Waals surface area contributed by atoms with Gasteiger partial charge in [-0.2, -0.15) is 5.10 Å². The SMILES string of the molecule is CCNCCCc1c(C)nn(-c2cccc(Cl)c2)c1C. The number of benzene rings is 1. The van der Waals surface area contributed by atoms with Crippen molar-refractivity contribution < 1.29 is 0 Å². The van der Waals surface area contributed by atoms with Gasteiger partial charge in [-0.15, -0.1) is 0 Å². The first-order chi connectivity index (χ1) is 9.63. The molecule has 20 heavy (non-hydrogen) atoms. The van der Waals surface area contributed by atoms with Crippen LogP contribution in [0.4, 0.5) is 0 Å². The first-order valence-corrected chi connectivity index (χ1v) is 7.53. The van der Waals surface area contributed by atoms with Crippen LogP contribution >= 0.6 is 11.6 Å². The number of rotatable bonds is 6. The van der Waals surface area contributed by atoms with Crippen molar-refractivity contribution in [2.45, 2.75) is 33.6 Å². The average molecular weight is 292 g/mol. The number of nitrogens with one attached hydrogen (secondary N) is 1. The lowest BCUT2D eigenvalue weighted by Gasteiger charge is -2.06. The van der Waals surface area contributed by atoms with Gasteiger partial charge >= 0.3 is 0 Å². The van der Waals surface area contributed by atoms with Crippen molar-refractivity contribution in [1.82, 2.24) is 15.1 Å². The van der Waals surface area contributed by atoms with Crippen molar-refractivity contribution in [3.63, 3.8) is 0 Å². The molecule has 3 nitrogen and oxygen atoms in total. The number of hydrogen-bond acceptors (Lipinski definition) is 2. The molecule has 0 unspecified atom stereocenters. The minimum atomic E-state index is 0.740. The van der Waals surface area contributed by atoms with Gasteiger partial charge in [-0.25, -0.2) is 4.68 Å². The van der Waals surface area contributed by atoms with Crippen LogP contribution in [0.15, 0.2) is 24.3 Å². The van der Waals surface area contributed by atoms with Crippen LogP contribution in [-0.4, -0.2) is 22.9 Å². The summed E-state index contributed by atoms with van der Waals surface area (Å²) in [5.74, 6) is 0. The Hall–Kier alpha value is -1.32. The maximum atomic E-state index is 6.06. The van der Waals surface area contributed by atoms with E-state index < -0.39 is 0 Å². The minimum Gasteiger partial charge on any atom is -0.317 e. The maximum Gasteiger partial charge on any atom is 0.0663 e. The summed E-state index contributed by atoms with van der Waals surface area (Å²) in [4.78, 5) is 0. The molecule has 0 fully saturated rings. The predicted octanol–water partition coefficient (Wildman–Crippen LogP) is 3.68. The molecule has 1 aromatic carbocycles. The normalized spacial score (nSPS) is 11.0. The van der Waals surface area contributed by atoms with E-state index in [-0.39, 0.29) is 0 Å². The standard InChI is InChI=1S/C16H22ClN3/c1-4-18-10-6-9-16-12(2)19-20(13(16)3)15-8-5-7-14(17)11-15/h5,7-8,11,18H,4,6,9-10H2,1-3H3. The molecule has 0 spiro atoms. The van der Waals surface area contributed by atoms with Crippen molar-refractivity contribution in [1.29, 1.82) is 0 Å². The number of halogens is 1. The zero-order chi connectivity index (χ0) is 14.5. The highest BCUT2D eigenvalue weighted by Crippen LogP contribution is 2.21. The summed E-state index contributed by atoms with van der Waals surface area (Å²) in [6.07, 6.45) is 2.20. The molecular formula is C16H22ClN3. The number of aryl methyl sites for hydroxylation is 1. The molecule has 0 radical (unpaired) electrons. The molecule has 0 bridgehead atoms. The lowest BCUT2D eigenvalue weighted by Crippen LogP contribution is -2.14. The highest BCUT2D eigenvalue weighted by atomic mass is 35.5. The van der Waals surface area contributed by atoms with E-state index >= 15 is 0 Å². The van der Waals surface area contributed by atoms with Gasteiger partial charge in [0.25, 0.3) is 0 Å². The highest BCUT2D eigenvalue weighted by molar-refractivity contribution is 6.30. The molecule has 0 aliphatic rings. The highest BCUT2D eigenvalue weighted by Gasteiger charge is 2.12. The smallest absolute Gasteiger partial charge is 0.0663 e. The maximum absolute atomic E-state index is 6.06. The van der Waals surface area contributed by atoms with Gasteiger partial charge in [-0.3, -0.25) is 0 Å². The molecule has 0 saturated carbocycles. The van der Waals surface area contributed by atoms with E-state index in [1.54, 1.807) is 0 Å². The third-order valence-electron chi connectivity index (χ3n) is 3.52. The monoisotopic (exact) mass is 291 g/mol. The van der Waals surface area contributed by atoms with Gasteiger partial charge < -0.3 is 5.32 Å². The van der Waals surface area contributed by atoms with Crippen LogP contribution in [0.25, 0.3) is 5.69 Å². The number of aromatic nitrogens is 2. The van der Waals surface area contributed by atoms with E-state index in [9.17, 15) is 0 Å². The van der Waals surface area contributed by atoms with Crippen molar-refractivity contribution in [2.75, 3.05) is 13.1 Å². The molecule has 1 aromatic heterocycles. The van der Waals surface area contributed by atoms with Crippen LogP contribution in [-0.2, 0) is 6.42 Å². The number of nitrogens with zero attached hydrogens (tertiary/aromatic N) is 2. The minimum absolute atomic E-state index is 0.740. The third kappa shape index (κ3) is 3.41. The Morgan fingerprint density at radius 1 is 1.30 bits per heavy atom. The molecule has 1 heterocycles. The Morgan fingerprint density at radius 2 is 2.10 bits per heavy atom. The van der Waals surface area contributed by atoms with Gasteiger partial charge in [0.05, 0.1) is 11.4 Å². The number of hydrogen-bond donors (Lipinski definition) is 1. The van der Waals surface area contributed by atoms with Crippen molar-refractivity contribution in [2.24, 2.45) is 0 Å². The second kappa shape index (κ2) is 6.91. The molecule has 1 N–H and O–H groups in total. The summed E-state index contributed by atoms with van der Waals surface area (Å²) in [5, 5.41) is 8.76. The van der Waals surface area contributed by atoms with Gasteiger partial charge in [-0.1, -0.05) is 24.6 Å². The van der Waals surface area contributed by atoms with Gasteiger partial charge in [0, 0.05) is 10.7 Å². The Kier molecular flexibility index (Phi) is 5.21. The molecule has 4 heteroatoms. The molecule has 0 amide bonds. The topological polar surface area (TPSA) is 29.9 Å². The fourth-order valence-electron chi connectivity index (χ4n) is 2.46. The summed E-state index contributed by atoms with van der Waals surface area (Å²) in [5.41, 5.74) is 4.69. The molecule has 108 valence electrons. The van der Waals surface area contributed by atoms with E-state index in [2.05, 4.69) is 31.2 Å². The molecule has 0 aliphatic heterocycles. The summed E-state index contributed by atoms with van der Waals surface area (Å²) in [6.45, 7) is 8.42. The Balaban J connectivity index is 2.20. The van der Waals surface area contributed by atoms with Crippen LogP contribution in [0, 0.1) is 13.8 Å². The van der Waals surface area contributed by atoms with E-state index in [1.807, 2.05) is 28.9 Å². The van der Waals surface area contributed by atoms with E-state index in [1.165, 1.54) is 11.3 Å². The molecule has 0 saturated heterocycles. The molecule has 2 aromatic rings. The first-order valence-electron chi connectivity index (χ1n) is 7.15. The molecule has 0 aliphatic carbocycles. The van der Waals surface area contributed by atoms with Crippen LogP contribution < -0.4 is 5.32 Å². The third-order valence-corrected chi connectivity index (χ3v) is 3.76. The quantitative estimate of drug-likeness (QED) is 0.823. The van der Waals surface area contributed by atoms with E-state index in [0.717, 1.165) is 42.3 Å². The van der Waals surface area contributed by atoms with Gasteiger partial charge in [0.15, 0.2) is 0 Å². The fraction of sp³-hybridized carbons (Fsp3) is 0.438. The van der Waals surface area contributed by atoms with E-state index in [0.29, 0.717) is 0 Å². The zero-order valence-electron chi connectivity index (χ0n) is 12.4. The average Bonchev–Trinajstić information content (AvgIpc) is 2.71. The second-order valence-corrected chi connectivity index (χ2v) is 5.43. The van der Waals surface area contributed by atoms with Crippen LogP contribution in [0.5, 0.6) is 0 Å². The Labute approximate surface area is 126 Å². The van der Waals surface area contributed by atoms with Crippen molar-refractivity contribution in [3.05, 3.63) is 46.2 Å². The van der Waals surface area contributed by atoms with Gasteiger partial charge in [0.2, 0.25) is 0 Å². The fourth-order valence-corrected chi connectivity index (χ4v) is 2.65. The molecule has 2 rings (SSSR count). The second-order valence-electron chi connectivity index (χ2n) is 5.00.